The number of hydrogen-bond acceptors (Lipinski definition) is 3. The average Bonchev–Trinajstić information content (AvgIpc) is 3.16. The van der Waals surface area contributed by atoms with Crippen LogP contribution in [0.4, 0.5) is 0 Å². The van der Waals surface area contributed by atoms with Crippen LogP contribution < -0.4 is 10.1 Å². The predicted molar refractivity (Wildman–Crippen MR) is 134 cm³/mol. The Hall–Kier alpha value is -3.18. The largest absolute Gasteiger partial charge is 0.491 e. The van der Waals surface area contributed by atoms with Crippen LogP contribution in [-0.4, -0.2) is 29.3 Å². The Kier molecular flexibility index (Phi) is 6.86. The fraction of sp³-hybridized carbons (Fsp3) is 0.222. The number of aryl methyl sites for hydroxylation is 1. The van der Waals surface area contributed by atoms with Crippen LogP contribution in [0.25, 0.3) is 22.2 Å². The molecule has 1 aromatic heterocycles. The first-order valence-corrected chi connectivity index (χ1v) is 11.9. The highest BCUT2D eigenvalue weighted by atomic mass is 32.2. The van der Waals surface area contributed by atoms with Crippen molar-refractivity contribution in [1.82, 2.24) is 10.3 Å². The monoisotopic (exact) mass is 444 g/mol. The van der Waals surface area contributed by atoms with Gasteiger partial charge in [0.2, 0.25) is 0 Å². The maximum atomic E-state index is 12.5. The topological polar surface area (TPSA) is 54.1 Å². The van der Waals surface area contributed by atoms with Crippen LogP contribution in [0.1, 0.15) is 29.8 Å². The number of aromatic amines is 1. The Labute approximate surface area is 193 Å². The summed E-state index contributed by atoms with van der Waals surface area (Å²) in [5.74, 6) is 1.48. The molecule has 1 amide bonds. The highest BCUT2D eigenvalue weighted by Gasteiger charge is 2.14. The number of carbonyl (C=O) groups is 1. The number of para-hydroxylation sites is 1. The Balaban J connectivity index is 1.41. The average molecular weight is 445 g/mol. The number of benzene rings is 3. The third kappa shape index (κ3) is 5.17. The molecular formula is C27H28N2O2S. The van der Waals surface area contributed by atoms with E-state index in [1.54, 1.807) is 23.9 Å². The summed E-state index contributed by atoms with van der Waals surface area (Å²) in [5, 5.41) is 4.23. The lowest BCUT2D eigenvalue weighted by Crippen LogP contribution is -2.25. The summed E-state index contributed by atoms with van der Waals surface area (Å²) in [6, 6.07) is 24.2. The van der Waals surface area contributed by atoms with Crippen molar-refractivity contribution in [3.63, 3.8) is 0 Å². The van der Waals surface area contributed by atoms with Gasteiger partial charge in [-0.05, 0) is 56.7 Å². The van der Waals surface area contributed by atoms with Crippen molar-refractivity contribution >= 4 is 28.6 Å². The van der Waals surface area contributed by atoms with Crippen molar-refractivity contribution in [1.29, 1.82) is 0 Å². The Bertz CT molecular complexity index is 1190. The van der Waals surface area contributed by atoms with Crippen molar-refractivity contribution < 1.29 is 9.53 Å². The van der Waals surface area contributed by atoms with E-state index < -0.39 is 0 Å². The standard InChI is InChI=1S/C27H28N2O2S/c1-18(2)31-22-14-12-21(13-15-22)27(30)28-16-17-32-26-23-6-4-5-7-24(23)29-25(26)20-10-8-19(3)9-11-20/h4-15,18,29H,16-17H2,1-3H3,(H,28,30). The van der Waals surface area contributed by atoms with Gasteiger partial charge in [0.25, 0.3) is 5.91 Å². The van der Waals surface area contributed by atoms with Gasteiger partial charge in [0, 0.05) is 33.7 Å². The number of fused-ring (bicyclic) bond motifs is 1. The molecule has 0 aliphatic carbocycles. The van der Waals surface area contributed by atoms with E-state index in [4.69, 9.17) is 4.74 Å². The first-order valence-electron chi connectivity index (χ1n) is 10.9. The molecule has 0 fully saturated rings. The van der Waals surface area contributed by atoms with E-state index in [9.17, 15) is 4.79 Å². The SMILES string of the molecule is Cc1ccc(-c2[nH]c3ccccc3c2SCCNC(=O)c2ccc(OC(C)C)cc2)cc1. The minimum absolute atomic E-state index is 0.0700. The molecule has 164 valence electrons. The van der Waals surface area contributed by atoms with Crippen LogP contribution in [0.5, 0.6) is 5.75 Å². The molecule has 5 heteroatoms. The first kappa shape index (κ1) is 22.0. The van der Waals surface area contributed by atoms with Gasteiger partial charge in [-0.3, -0.25) is 4.79 Å². The van der Waals surface area contributed by atoms with Crippen LogP contribution in [0.2, 0.25) is 0 Å². The Morgan fingerprint density at radius 1 is 1.00 bits per heavy atom. The molecule has 2 N–H and O–H groups in total. The number of rotatable bonds is 8. The van der Waals surface area contributed by atoms with Gasteiger partial charge in [-0.25, -0.2) is 0 Å². The molecule has 32 heavy (non-hydrogen) atoms. The maximum absolute atomic E-state index is 12.5. The van der Waals surface area contributed by atoms with Gasteiger partial charge in [0.05, 0.1) is 11.8 Å². The highest BCUT2D eigenvalue weighted by Crippen LogP contribution is 2.37. The van der Waals surface area contributed by atoms with Gasteiger partial charge in [-0.1, -0.05) is 48.0 Å². The molecule has 0 spiro atoms. The maximum Gasteiger partial charge on any atom is 0.251 e. The fourth-order valence-electron chi connectivity index (χ4n) is 3.57. The molecule has 0 saturated heterocycles. The number of hydrogen-bond donors (Lipinski definition) is 2. The van der Waals surface area contributed by atoms with Crippen LogP contribution in [0.3, 0.4) is 0 Å². The van der Waals surface area contributed by atoms with E-state index in [-0.39, 0.29) is 12.0 Å². The summed E-state index contributed by atoms with van der Waals surface area (Å²) in [6.07, 6.45) is 0.112. The summed E-state index contributed by atoms with van der Waals surface area (Å²) >= 11 is 1.76. The summed E-state index contributed by atoms with van der Waals surface area (Å²) in [4.78, 5) is 17.3. The number of thioether (sulfide) groups is 1. The highest BCUT2D eigenvalue weighted by molar-refractivity contribution is 7.99. The molecular weight excluding hydrogens is 416 g/mol. The minimum atomic E-state index is -0.0700. The van der Waals surface area contributed by atoms with Gasteiger partial charge in [-0.2, -0.15) is 0 Å². The molecule has 0 unspecified atom stereocenters. The second-order valence-electron chi connectivity index (χ2n) is 8.04. The molecule has 3 aromatic carbocycles. The molecule has 0 radical (unpaired) electrons. The van der Waals surface area contributed by atoms with Crippen molar-refractivity contribution in [3.8, 4) is 17.0 Å². The lowest BCUT2D eigenvalue weighted by molar-refractivity contribution is 0.0956. The van der Waals surface area contributed by atoms with E-state index in [0.29, 0.717) is 12.1 Å². The molecule has 4 nitrogen and oxygen atoms in total. The van der Waals surface area contributed by atoms with Crippen molar-refractivity contribution in [3.05, 3.63) is 83.9 Å². The molecule has 0 bridgehead atoms. The number of amides is 1. The number of carbonyl (C=O) groups excluding carboxylic acids is 1. The number of ether oxygens (including phenoxy) is 1. The zero-order valence-electron chi connectivity index (χ0n) is 18.6. The summed E-state index contributed by atoms with van der Waals surface area (Å²) < 4.78 is 5.64. The second-order valence-corrected chi connectivity index (χ2v) is 9.14. The summed E-state index contributed by atoms with van der Waals surface area (Å²) in [7, 11) is 0. The first-order chi connectivity index (χ1) is 15.5. The lowest BCUT2D eigenvalue weighted by Gasteiger charge is -2.10. The molecule has 0 atom stereocenters. The lowest BCUT2D eigenvalue weighted by atomic mass is 10.1. The van der Waals surface area contributed by atoms with Crippen molar-refractivity contribution in [2.75, 3.05) is 12.3 Å². The number of nitrogens with one attached hydrogen (secondary N) is 2. The molecule has 4 rings (SSSR count). The summed E-state index contributed by atoms with van der Waals surface area (Å²) in [6.45, 7) is 6.64. The minimum Gasteiger partial charge on any atom is -0.491 e. The van der Waals surface area contributed by atoms with E-state index in [2.05, 4.69) is 59.7 Å². The van der Waals surface area contributed by atoms with Crippen LogP contribution in [0, 0.1) is 6.92 Å². The van der Waals surface area contributed by atoms with Crippen LogP contribution >= 0.6 is 11.8 Å². The van der Waals surface area contributed by atoms with Crippen LogP contribution in [0.15, 0.2) is 77.7 Å². The van der Waals surface area contributed by atoms with Gasteiger partial charge in [-0.15, -0.1) is 11.8 Å². The smallest absolute Gasteiger partial charge is 0.251 e. The number of aromatic nitrogens is 1. The van der Waals surface area contributed by atoms with E-state index >= 15 is 0 Å². The third-order valence-electron chi connectivity index (χ3n) is 5.12. The van der Waals surface area contributed by atoms with E-state index in [0.717, 1.165) is 22.7 Å². The van der Waals surface area contributed by atoms with Crippen molar-refractivity contribution in [2.24, 2.45) is 0 Å². The Morgan fingerprint density at radius 2 is 1.72 bits per heavy atom. The second kappa shape index (κ2) is 9.96. The fourth-order valence-corrected chi connectivity index (χ4v) is 4.62. The summed E-state index contributed by atoms with van der Waals surface area (Å²) in [5.41, 5.74) is 5.30. The van der Waals surface area contributed by atoms with Gasteiger partial charge >= 0.3 is 0 Å². The molecule has 1 heterocycles. The molecule has 0 saturated carbocycles. The van der Waals surface area contributed by atoms with Gasteiger partial charge in [0.15, 0.2) is 0 Å². The van der Waals surface area contributed by atoms with Gasteiger partial charge in [0.1, 0.15) is 5.75 Å². The zero-order chi connectivity index (χ0) is 22.5. The van der Waals surface area contributed by atoms with Gasteiger partial charge < -0.3 is 15.0 Å². The van der Waals surface area contributed by atoms with E-state index in [1.807, 2.05) is 32.0 Å². The zero-order valence-corrected chi connectivity index (χ0v) is 19.5. The molecule has 4 aromatic rings. The number of H-pyrrole nitrogens is 1. The molecule has 0 aliphatic rings. The quantitative estimate of drug-likeness (QED) is 0.242. The molecule has 0 aliphatic heterocycles. The predicted octanol–water partition coefficient (Wildman–Crippen LogP) is 6.45. The van der Waals surface area contributed by atoms with E-state index in [1.165, 1.54) is 21.4 Å². The third-order valence-corrected chi connectivity index (χ3v) is 6.24. The van der Waals surface area contributed by atoms with Crippen molar-refractivity contribution in [2.45, 2.75) is 31.8 Å². The Morgan fingerprint density at radius 3 is 2.44 bits per heavy atom. The van der Waals surface area contributed by atoms with Crippen LogP contribution in [-0.2, 0) is 0 Å². The normalized spacial score (nSPS) is 11.1.